The number of para-hydroxylation sites is 1. The highest BCUT2D eigenvalue weighted by Crippen LogP contribution is 2.38. The fourth-order valence-corrected chi connectivity index (χ4v) is 4.07. The fraction of sp³-hybridized carbons (Fsp3) is 0.619. The maximum absolute atomic E-state index is 12.5. The average molecular weight is 359 g/mol. The van der Waals surface area contributed by atoms with Crippen molar-refractivity contribution in [3.05, 3.63) is 29.8 Å². The minimum atomic E-state index is -0.893. The van der Waals surface area contributed by atoms with E-state index < -0.39 is 6.10 Å². The van der Waals surface area contributed by atoms with Gasteiger partial charge in [0.2, 0.25) is 11.8 Å². The first-order valence-electron chi connectivity index (χ1n) is 9.54. The van der Waals surface area contributed by atoms with E-state index in [-0.39, 0.29) is 42.2 Å². The van der Waals surface area contributed by atoms with Crippen LogP contribution in [0.3, 0.4) is 0 Å². The minimum absolute atomic E-state index is 0.0162. The number of imide groups is 1. The number of nitrogens with zero attached hydrogens (tertiary/aromatic N) is 1. The van der Waals surface area contributed by atoms with E-state index in [0.29, 0.717) is 0 Å². The average Bonchev–Trinajstić information content (AvgIpc) is 2.85. The Balaban J connectivity index is 1.61. The van der Waals surface area contributed by atoms with Crippen molar-refractivity contribution in [2.75, 3.05) is 13.2 Å². The van der Waals surface area contributed by atoms with Gasteiger partial charge in [0.05, 0.1) is 18.4 Å². The molecule has 1 aromatic carbocycles. The summed E-state index contributed by atoms with van der Waals surface area (Å²) in [5, 5.41) is 10.4. The molecule has 1 aliphatic carbocycles. The Morgan fingerprint density at radius 3 is 2.27 bits per heavy atom. The van der Waals surface area contributed by atoms with Crippen LogP contribution in [-0.2, 0) is 15.0 Å². The quantitative estimate of drug-likeness (QED) is 0.821. The molecule has 0 radical (unpaired) electrons. The zero-order chi connectivity index (χ0) is 18.9. The number of hydrogen-bond donors (Lipinski definition) is 1. The Kier molecular flexibility index (Phi) is 5.37. The molecular formula is C21H29NO4. The number of ether oxygens (including phenoxy) is 1. The van der Waals surface area contributed by atoms with Crippen molar-refractivity contribution in [1.29, 1.82) is 0 Å². The fourth-order valence-electron chi connectivity index (χ4n) is 4.07. The lowest BCUT2D eigenvalue weighted by Crippen LogP contribution is -2.40. The molecule has 1 aliphatic heterocycles. The summed E-state index contributed by atoms with van der Waals surface area (Å²) in [5.41, 5.74) is 0.990. The Morgan fingerprint density at radius 1 is 1.12 bits per heavy atom. The Labute approximate surface area is 155 Å². The Morgan fingerprint density at radius 2 is 1.69 bits per heavy atom. The van der Waals surface area contributed by atoms with Gasteiger partial charge in [0.25, 0.3) is 0 Å². The number of aliphatic hydroxyl groups is 1. The second kappa shape index (κ2) is 7.39. The minimum Gasteiger partial charge on any atom is -0.491 e. The van der Waals surface area contributed by atoms with E-state index in [1.54, 1.807) is 0 Å². The number of benzene rings is 1. The number of carbonyl (C=O) groups is 2. The molecule has 2 fully saturated rings. The van der Waals surface area contributed by atoms with Gasteiger partial charge >= 0.3 is 0 Å². The van der Waals surface area contributed by atoms with Gasteiger partial charge in [-0.25, -0.2) is 0 Å². The molecule has 142 valence electrons. The highest BCUT2D eigenvalue weighted by Gasteiger charge is 2.48. The summed E-state index contributed by atoms with van der Waals surface area (Å²) >= 11 is 0. The highest BCUT2D eigenvalue weighted by atomic mass is 16.5. The number of likely N-dealkylation sites (tertiary alicyclic amines) is 1. The summed E-state index contributed by atoms with van der Waals surface area (Å²) < 4.78 is 5.83. The van der Waals surface area contributed by atoms with Crippen molar-refractivity contribution in [3.8, 4) is 5.75 Å². The summed E-state index contributed by atoms with van der Waals surface area (Å²) in [6.07, 6.45) is 2.69. The molecular weight excluding hydrogens is 330 g/mol. The molecule has 3 rings (SSSR count). The van der Waals surface area contributed by atoms with Gasteiger partial charge in [-0.3, -0.25) is 14.5 Å². The molecule has 5 nitrogen and oxygen atoms in total. The van der Waals surface area contributed by atoms with Crippen molar-refractivity contribution in [2.24, 2.45) is 11.8 Å². The number of carbonyl (C=O) groups excluding carboxylic acids is 2. The van der Waals surface area contributed by atoms with Crippen LogP contribution in [-0.4, -0.2) is 41.1 Å². The van der Waals surface area contributed by atoms with Crippen molar-refractivity contribution in [3.63, 3.8) is 0 Å². The van der Waals surface area contributed by atoms with Gasteiger partial charge in [-0.15, -0.1) is 0 Å². The van der Waals surface area contributed by atoms with Gasteiger partial charge < -0.3 is 9.84 Å². The second-order valence-electron chi connectivity index (χ2n) is 8.50. The molecule has 2 amide bonds. The van der Waals surface area contributed by atoms with Gasteiger partial charge in [-0.2, -0.15) is 0 Å². The third kappa shape index (κ3) is 3.78. The van der Waals surface area contributed by atoms with Crippen LogP contribution in [0.25, 0.3) is 0 Å². The number of rotatable bonds is 5. The predicted molar refractivity (Wildman–Crippen MR) is 98.8 cm³/mol. The van der Waals surface area contributed by atoms with E-state index in [1.807, 2.05) is 24.3 Å². The SMILES string of the molecule is CC(C)(C)c1ccccc1OCC(O)CN1C(=O)C2CCCCC2C1=O. The molecule has 26 heavy (non-hydrogen) atoms. The Bertz CT molecular complexity index is 655. The maximum Gasteiger partial charge on any atom is 0.233 e. The third-order valence-electron chi connectivity index (χ3n) is 5.45. The van der Waals surface area contributed by atoms with Crippen LogP contribution in [0.1, 0.15) is 52.0 Å². The molecule has 1 heterocycles. The number of fused-ring (bicyclic) bond motifs is 1. The van der Waals surface area contributed by atoms with Crippen molar-refractivity contribution >= 4 is 11.8 Å². The number of amides is 2. The van der Waals surface area contributed by atoms with Crippen LogP contribution in [0.2, 0.25) is 0 Å². The van der Waals surface area contributed by atoms with Crippen LogP contribution in [0.4, 0.5) is 0 Å². The summed E-state index contributed by atoms with van der Waals surface area (Å²) in [4.78, 5) is 26.3. The predicted octanol–water partition coefficient (Wildman–Crippen LogP) is 2.90. The van der Waals surface area contributed by atoms with E-state index in [0.717, 1.165) is 37.0 Å². The first kappa shape index (κ1) is 18.9. The zero-order valence-corrected chi connectivity index (χ0v) is 15.9. The molecule has 3 unspecified atom stereocenters. The van der Waals surface area contributed by atoms with Crippen LogP contribution >= 0.6 is 0 Å². The lowest BCUT2D eigenvalue weighted by molar-refractivity contribution is -0.141. The summed E-state index contributed by atoms with van der Waals surface area (Å²) in [6.45, 7) is 6.39. The molecule has 0 bridgehead atoms. The highest BCUT2D eigenvalue weighted by molar-refractivity contribution is 6.05. The van der Waals surface area contributed by atoms with Crippen molar-refractivity contribution < 1.29 is 19.4 Å². The van der Waals surface area contributed by atoms with Crippen LogP contribution in [0, 0.1) is 11.8 Å². The first-order valence-corrected chi connectivity index (χ1v) is 9.54. The molecule has 1 aromatic rings. The molecule has 0 aromatic heterocycles. The van der Waals surface area contributed by atoms with E-state index in [1.165, 1.54) is 4.90 Å². The number of aliphatic hydroxyl groups excluding tert-OH is 1. The van der Waals surface area contributed by atoms with Crippen LogP contribution in [0.5, 0.6) is 5.75 Å². The first-order chi connectivity index (χ1) is 12.3. The largest absolute Gasteiger partial charge is 0.491 e. The zero-order valence-electron chi connectivity index (χ0n) is 15.9. The van der Waals surface area contributed by atoms with Gasteiger partial charge in [-0.1, -0.05) is 51.8 Å². The van der Waals surface area contributed by atoms with Gasteiger partial charge in [0, 0.05) is 0 Å². The molecule has 5 heteroatoms. The van der Waals surface area contributed by atoms with Gasteiger partial charge in [-0.05, 0) is 29.9 Å². The molecule has 0 spiro atoms. The van der Waals surface area contributed by atoms with Crippen LogP contribution in [0.15, 0.2) is 24.3 Å². The molecule has 2 aliphatic rings. The van der Waals surface area contributed by atoms with Gasteiger partial charge in [0.15, 0.2) is 0 Å². The number of hydrogen-bond acceptors (Lipinski definition) is 4. The van der Waals surface area contributed by atoms with Crippen molar-refractivity contribution in [2.45, 2.75) is 58.0 Å². The third-order valence-corrected chi connectivity index (χ3v) is 5.45. The lowest BCUT2D eigenvalue weighted by atomic mass is 9.81. The van der Waals surface area contributed by atoms with Gasteiger partial charge in [0.1, 0.15) is 18.5 Å². The maximum atomic E-state index is 12.5. The van der Waals surface area contributed by atoms with E-state index in [4.69, 9.17) is 4.74 Å². The van der Waals surface area contributed by atoms with Crippen LogP contribution < -0.4 is 4.74 Å². The lowest BCUT2D eigenvalue weighted by Gasteiger charge is -2.24. The summed E-state index contributed by atoms with van der Waals surface area (Å²) in [7, 11) is 0. The molecule has 1 N–H and O–H groups in total. The monoisotopic (exact) mass is 359 g/mol. The standard InChI is InChI=1S/C21H29NO4/c1-21(2,3)17-10-6-7-11-18(17)26-13-14(23)12-22-19(24)15-8-4-5-9-16(15)20(22)25/h6-7,10-11,14-16,23H,4-5,8-9,12-13H2,1-3H3. The number of β-amino-alcohol motifs (C(OH)–C–C–N with tert-alkyl or cyclic N) is 1. The topological polar surface area (TPSA) is 66.8 Å². The molecule has 3 atom stereocenters. The van der Waals surface area contributed by atoms with E-state index >= 15 is 0 Å². The summed E-state index contributed by atoms with van der Waals surface area (Å²) in [5.74, 6) is 0.145. The van der Waals surface area contributed by atoms with E-state index in [9.17, 15) is 14.7 Å². The Hall–Kier alpha value is -1.88. The normalized spacial score (nSPS) is 24.5. The van der Waals surface area contributed by atoms with Crippen molar-refractivity contribution in [1.82, 2.24) is 4.90 Å². The summed E-state index contributed by atoms with van der Waals surface area (Å²) in [6, 6.07) is 7.76. The molecule has 1 saturated heterocycles. The smallest absolute Gasteiger partial charge is 0.233 e. The van der Waals surface area contributed by atoms with E-state index in [2.05, 4.69) is 20.8 Å². The molecule has 1 saturated carbocycles. The second-order valence-corrected chi connectivity index (χ2v) is 8.50.